The molecule has 1 unspecified atom stereocenters. The van der Waals surface area contributed by atoms with E-state index in [1.54, 1.807) is 32.2 Å². The number of carbonyl (C=O) groups is 1. The summed E-state index contributed by atoms with van der Waals surface area (Å²) >= 11 is 0. The Bertz CT molecular complexity index is 1120. The van der Waals surface area contributed by atoms with E-state index in [-0.39, 0.29) is 11.6 Å². The molecule has 1 amide bonds. The van der Waals surface area contributed by atoms with E-state index >= 15 is 0 Å². The molecule has 164 valence electrons. The second-order valence-corrected chi connectivity index (χ2v) is 7.19. The molecule has 4 rings (SSSR count). The highest BCUT2D eigenvalue weighted by Gasteiger charge is 2.36. The predicted molar refractivity (Wildman–Crippen MR) is 125 cm³/mol. The Balaban J connectivity index is 1.74. The first-order valence-corrected chi connectivity index (χ1v) is 10.1. The number of hydrazone groups is 1. The van der Waals surface area contributed by atoms with Gasteiger partial charge in [0.15, 0.2) is 17.2 Å². The molecule has 8 heteroatoms. The molecule has 0 bridgehead atoms. The molecule has 1 heterocycles. The Hall–Kier alpha value is -4.04. The largest absolute Gasteiger partial charge is 0.493 e. The van der Waals surface area contributed by atoms with Gasteiger partial charge in [-0.1, -0.05) is 36.4 Å². The van der Waals surface area contributed by atoms with Gasteiger partial charge in [0.05, 0.1) is 19.9 Å². The summed E-state index contributed by atoms with van der Waals surface area (Å²) in [4.78, 5) is 14.9. The summed E-state index contributed by atoms with van der Waals surface area (Å²) in [5, 5.41) is 4.44. The molecule has 8 nitrogen and oxygen atoms in total. The van der Waals surface area contributed by atoms with Gasteiger partial charge in [-0.15, -0.1) is 0 Å². The normalized spacial score (nSPS) is 16.5. The van der Waals surface area contributed by atoms with Crippen molar-refractivity contribution < 1.29 is 14.3 Å². The monoisotopic (exact) mass is 431 g/mol. The Kier molecular flexibility index (Phi) is 6.23. The summed E-state index contributed by atoms with van der Waals surface area (Å²) in [6, 6.07) is 22.8. The number of carbonyl (C=O) groups excluding carboxylic acids is 1. The summed E-state index contributed by atoms with van der Waals surface area (Å²) in [6.45, 7) is 0. The van der Waals surface area contributed by atoms with Gasteiger partial charge in [-0.2, -0.15) is 5.10 Å². The van der Waals surface area contributed by atoms with E-state index in [1.807, 2.05) is 66.7 Å². The van der Waals surface area contributed by atoms with E-state index in [0.29, 0.717) is 17.1 Å². The summed E-state index contributed by atoms with van der Waals surface area (Å²) in [5.41, 5.74) is 12.8. The van der Waals surface area contributed by atoms with E-state index < -0.39 is 6.17 Å². The van der Waals surface area contributed by atoms with Crippen LogP contribution in [0.3, 0.4) is 0 Å². The number of rotatable bonds is 7. The highest BCUT2D eigenvalue weighted by molar-refractivity contribution is 6.46. The SMILES string of the molecule is COc1cc2c(cc1OC)C(NNc1ccccc1)N(C)C(=O)/C2=N\Nc1ccccc1. The van der Waals surface area contributed by atoms with Crippen LogP contribution in [-0.4, -0.2) is 37.8 Å². The molecule has 1 aliphatic heterocycles. The minimum absolute atomic E-state index is 0.236. The fourth-order valence-corrected chi connectivity index (χ4v) is 3.52. The number of ether oxygens (including phenoxy) is 2. The number of nitrogens with one attached hydrogen (secondary N) is 3. The van der Waals surface area contributed by atoms with Gasteiger partial charge < -0.3 is 19.8 Å². The smallest absolute Gasteiger partial charge is 0.276 e. The van der Waals surface area contributed by atoms with Gasteiger partial charge in [-0.25, -0.2) is 5.43 Å². The molecule has 1 aliphatic rings. The molecule has 0 radical (unpaired) electrons. The number of nitrogens with zero attached hydrogens (tertiary/aromatic N) is 2. The molecule has 0 aliphatic carbocycles. The maximum atomic E-state index is 13.3. The van der Waals surface area contributed by atoms with Crippen LogP contribution in [0.4, 0.5) is 11.4 Å². The molecule has 1 atom stereocenters. The van der Waals surface area contributed by atoms with Gasteiger partial charge in [0.1, 0.15) is 6.17 Å². The van der Waals surface area contributed by atoms with E-state index in [1.165, 1.54) is 0 Å². The van der Waals surface area contributed by atoms with Gasteiger partial charge in [-0.05, 0) is 36.4 Å². The molecule has 0 saturated carbocycles. The molecule has 0 fully saturated rings. The number of amides is 1. The molecule has 0 spiro atoms. The highest BCUT2D eigenvalue weighted by atomic mass is 16.5. The number of hydrogen-bond acceptors (Lipinski definition) is 7. The number of hydrazine groups is 1. The average Bonchev–Trinajstić information content (AvgIpc) is 2.84. The number of fused-ring (bicyclic) bond motifs is 1. The third-order valence-electron chi connectivity index (χ3n) is 5.21. The van der Waals surface area contributed by atoms with Gasteiger partial charge in [0, 0.05) is 23.9 Å². The van der Waals surface area contributed by atoms with Crippen molar-refractivity contribution in [1.82, 2.24) is 10.3 Å². The first-order chi connectivity index (χ1) is 15.6. The number of anilines is 2. The van der Waals surface area contributed by atoms with Crippen LogP contribution in [-0.2, 0) is 4.79 Å². The van der Waals surface area contributed by atoms with Gasteiger partial charge >= 0.3 is 0 Å². The van der Waals surface area contributed by atoms with Crippen LogP contribution < -0.4 is 25.8 Å². The van der Waals surface area contributed by atoms with Gasteiger partial charge in [0.25, 0.3) is 5.91 Å². The van der Waals surface area contributed by atoms with Crippen molar-refractivity contribution in [3.05, 3.63) is 83.9 Å². The van der Waals surface area contributed by atoms with Crippen molar-refractivity contribution in [1.29, 1.82) is 0 Å². The number of benzene rings is 3. The number of likely N-dealkylation sites (N-methyl/N-ethyl adjacent to an activating group) is 1. The summed E-state index contributed by atoms with van der Waals surface area (Å²) < 4.78 is 11.0. The molecule has 32 heavy (non-hydrogen) atoms. The Morgan fingerprint density at radius 2 is 1.47 bits per heavy atom. The lowest BCUT2D eigenvalue weighted by atomic mass is 9.94. The van der Waals surface area contributed by atoms with Crippen LogP contribution in [0.2, 0.25) is 0 Å². The second kappa shape index (κ2) is 9.40. The fraction of sp³-hybridized carbons (Fsp3) is 0.167. The fourth-order valence-electron chi connectivity index (χ4n) is 3.52. The van der Waals surface area contributed by atoms with Crippen LogP contribution >= 0.6 is 0 Å². The zero-order valence-electron chi connectivity index (χ0n) is 18.1. The quantitative estimate of drug-likeness (QED) is 0.496. The van der Waals surface area contributed by atoms with Crippen molar-refractivity contribution in [3.8, 4) is 11.5 Å². The lowest BCUT2D eigenvalue weighted by Crippen LogP contribution is -2.49. The van der Waals surface area contributed by atoms with Crippen LogP contribution in [0.1, 0.15) is 17.3 Å². The summed E-state index contributed by atoms with van der Waals surface area (Å²) in [5.74, 6) is 0.849. The van der Waals surface area contributed by atoms with Crippen molar-refractivity contribution >= 4 is 23.0 Å². The molecule has 0 aromatic heterocycles. The molecular formula is C24H25N5O3. The number of methoxy groups -OCH3 is 2. The molecular weight excluding hydrogens is 406 g/mol. The van der Waals surface area contributed by atoms with Crippen molar-refractivity contribution in [2.24, 2.45) is 5.10 Å². The first kappa shape index (κ1) is 21.2. The minimum atomic E-state index is -0.465. The summed E-state index contributed by atoms with van der Waals surface area (Å²) in [6.07, 6.45) is -0.465. The topological polar surface area (TPSA) is 87.2 Å². The minimum Gasteiger partial charge on any atom is -0.493 e. The van der Waals surface area contributed by atoms with Gasteiger partial charge in [0.2, 0.25) is 0 Å². The van der Waals surface area contributed by atoms with E-state index in [2.05, 4.69) is 21.4 Å². The van der Waals surface area contributed by atoms with Crippen LogP contribution in [0.25, 0.3) is 0 Å². The van der Waals surface area contributed by atoms with Crippen molar-refractivity contribution in [2.75, 3.05) is 32.1 Å². The van der Waals surface area contributed by atoms with E-state index in [0.717, 1.165) is 16.9 Å². The molecule has 3 aromatic carbocycles. The maximum Gasteiger partial charge on any atom is 0.276 e. The van der Waals surface area contributed by atoms with Crippen LogP contribution in [0.5, 0.6) is 11.5 Å². The van der Waals surface area contributed by atoms with Crippen molar-refractivity contribution in [2.45, 2.75) is 6.17 Å². The average molecular weight is 431 g/mol. The zero-order valence-corrected chi connectivity index (χ0v) is 18.1. The summed E-state index contributed by atoms with van der Waals surface area (Å²) in [7, 11) is 4.87. The number of hydrogen-bond donors (Lipinski definition) is 3. The molecule has 3 aromatic rings. The second-order valence-electron chi connectivity index (χ2n) is 7.19. The van der Waals surface area contributed by atoms with Crippen LogP contribution in [0, 0.1) is 0 Å². The highest BCUT2D eigenvalue weighted by Crippen LogP contribution is 2.37. The number of para-hydroxylation sites is 2. The molecule has 3 N–H and O–H groups in total. The van der Waals surface area contributed by atoms with Gasteiger partial charge in [-0.3, -0.25) is 10.2 Å². The van der Waals surface area contributed by atoms with Crippen molar-refractivity contribution in [3.63, 3.8) is 0 Å². The molecule has 0 saturated heterocycles. The first-order valence-electron chi connectivity index (χ1n) is 10.1. The Labute approximate surface area is 186 Å². The van der Waals surface area contributed by atoms with Crippen LogP contribution in [0.15, 0.2) is 77.9 Å². The maximum absolute atomic E-state index is 13.3. The Morgan fingerprint density at radius 3 is 2.09 bits per heavy atom. The lowest BCUT2D eigenvalue weighted by molar-refractivity contribution is -0.125. The third kappa shape index (κ3) is 4.21. The predicted octanol–water partition coefficient (Wildman–Crippen LogP) is 3.61. The van der Waals surface area contributed by atoms with E-state index in [4.69, 9.17) is 9.47 Å². The Morgan fingerprint density at radius 1 is 0.875 bits per heavy atom. The standard InChI is InChI=1S/C24H25N5O3/c1-29-23(28-26-17-12-8-5-9-13-17)19-15-21(32-3)20(31-2)14-18(19)22(24(29)30)27-25-16-10-6-4-7-11-16/h4-15,23,25-26,28H,1-3H3/b27-22-. The zero-order chi connectivity index (χ0) is 22.5. The lowest BCUT2D eigenvalue weighted by Gasteiger charge is -2.36. The van der Waals surface area contributed by atoms with E-state index in [9.17, 15) is 4.79 Å². The third-order valence-corrected chi connectivity index (χ3v) is 5.21.